The quantitative estimate of drug-likeness (QED) is 0.785. The van der Waals surface area contributed by atoms with Crippen LogP contribution in [0, 0.1) is 12.7 Å². The first kappa shape index (κ1) is 16.0. The summed E-state index contributed by atoms with van der Waals surface area (Å²) in [7, 11) is 0. The number of aryl methyl sites for hydroxylation is 1. The highest BCUT2D eigenvalue weighted by atomic mass is 35.5. The van der Waals surface area contributed by atoms with Crippen LogP contribution in [0.3, 0.4) is 0 Å². The highest BCUT2D eigenvalue weighted by Gasteiger charge is 2.14. The van der Waals surface area contributed by atoms with Crippen molar-refractivity contribution in [3.05, 3.63) is 70.0 Å². The van der Waals surface area contributed by atoms with Crippen LogP contribution >= 0.6 is 11.6 Å². The molecule has 0 aromatic heterocycles. The summed E-state index contributed by atoms with van der Waals surface area (Å²) in [6.45, 7) is 5.02. The topological polar surface area (TPSA) is 12.0 Å². The van der Waals surface area contributed by atoms with Crippen molar-refractivity contribution in [1.82, 2.24) is 5.32 Å². The van der Waals surface area contributed by atoms with Gasteiger partial charge in [0, 0.05) is 11.1 Å². The first-order valence-corrected chi connectivity index (χ1v) is 7.72. The van der Waals surface area contributed by atoms with E-state index in [1.807, 2.05) is 31.2 Å². The molecule has 0 aliphatic rings. The molecule has 0 saturated carbocycles. The molecular formula is C18H21ClFN. The molecule has 0 radical (unpaired) electrons. The number of nitrogens with one attached hydrogen (secondary N) is 1. The maximum Gasteiger partial charge on any atom is 0.126 e. The highest BCUT2D eigenvalue weighted by molar-refractivity contribution is 6.31. The summed E-state index contributed by atoms with van der Waals surface area (Å²) < 4.78 is 13.9. The largest absolute Gasteiger partial charge is 0.310 e. The van der Waals surface area contributed by atoms with Gasteiger partial charge in [0.1, 0.15) is 5.82 Å². The highest BCUT2D eigenvalue weighted by Crippen LogP contribution is 2.24. The molecule has 2 aromatic rings. The van der Waals surface area contributed by atoms with Crippen molar-refractivity contribution in [2.75, 3.05) is 6.54 Å². The van der Waals surface area contributed by atoms with E-state index in [1.54, 1.807) is 6.07 Å². The molecule has 112 valence electrons. The third-order valence-corrected chi connectivity index (χ3v) is 4.03. The second-order valence-electron chi connectivity index (χ2n) is 5.31. The number of halogens is 2. The number of hydrogen-bond donors (Lipinski definition) is 1. The lowest BCUT2D eigenvalue weighted by molar-refractivity contribution is 0.513. The second kappa shape index (κ2) is 7.58. The van der Waals surface area contributed by atoms with Gasteiger partial charge in [-0.3, -0.25) is 0 Å². The Hall–Kier alpha value is -1.38. The zero-order valence-electron chi connectivity index (χ0n) is 12.5. The summed E-state index contributed by atoms with van der Waals surface area (Å²) in [4.78, 5) is 0. The number of hydrogen-bond acceptors (Lipinski definition) is 1. The van der Waals surface area contributed by atoms with Gasteiger partial charge in [-0.15, -0.1) is 0 Å². The van der Waals surface area contributed by atoms with Gasteiger partial charge in [-0.2, -0.15) is 0 Å². The summed E-state index contributed by atoms with van der Waals surface area (Å²) >= 11 is 6.09. The Labute approximate surface area is 131 Å². The van der Waals surface area contributed by atoms with Crippen molar-refractivity contribution >= 4 is 11.6 Å². The van der Waals surface area contributed by atoms with E-state index in [2.05, 4.69) is 18.3 Å². The van der Waals surface area contributed by atoms with Crippen LogP contribution in [-0.4, -0.2) is 6.54 Å². The molecule has 0 fully saturated rings. The molecule has 21 heavy (non-hydrogen) atoms. The Bertz CT molecular complexity index is 598. The lowest BCUT2D eigenvalue weighted by Gasteiger charge is -2.20. The van der Waals surface area contributed by atoms with Gasteiger partial charge in [-0.25, -0.2) is 4.39 Å². The molecule has 0 aliphatic carbocycles. The zero-order valence-corrected chi connectivity index (χ0v) is 13.3. The van der Waals surface area contributed by atoms with Gasteiger partial charge in [-0.05, 0) is 55.1 Å². The molecule has 2 aromatic carbocycles. The Morgan fingerprint density at radius 3 is 2.62 bits per heavy atom. The molecule has 0 spiro atoms. The van der Waals surface area contributed by atoms with E-state index >= 15 is 0 Å². The standard InChI is InChI=1S/C18H21ClFN/c1-3-10-21-18(12-14-6-4-5-7-17(14)20)15-8-9-16(19)13(2)11-15/h4-9,11,18,21H,3,10,12H2,1-2H3. The van der Waals surface area contributed by atoms with Crippen LogP contribution in [0.2, 0.25) is 5.02 Å². The lowest BCUT2D eigenvalue weighted by Crippen LogP contribution is -2.24. The fourth-order valence-electron chi connectivity index (χ4n) is 2.39. The van der Waals surface area contributed by atoms with Gasteiger partial charge in [0.15, 0.2) is 0 Å². The van der Waals surface area contributed by atoms with E-state index in [0.717, 1.165) is 34.7 Å². The Morgan fingerprint density at radius 2 is 1.95 bits per heavy atom. The first-order chi connectivity index (χ1) is 10.1. The Balaban J connectivity index is 2.25. The molecule has 2 rings (SSSR count). The number of rotatable bonds is 6. The maximum absolute atomic E-state index is 13.9. The molecule has 1 atom stereocenters. The van der Waals surface area contributed by atoms with Crippen LogP contribution in [0.25, 0.3) is 0 Å². The van der Waals surface area contributed by atoms with Crippen molar-refractivity contribution in [2.24, 2.45) is 0 Å². The number of benzene rings is 2. The molecule has 0 saturated heterocycles. The summed E-state index contributed by atoms with van der Waals surface area (Å²) in [5.41, 5.74) is 2.93. The third-order valence-electron chi connectivity index (χ3n) is 3.61. The summed E-state index contributed by atoms with van der Waals surface area (Å²) in [5.74, 6) is -0.147. The van der Waals surface area contributed by atoms with E-state index in [4.69, 9.17) is 11.6 Å². The predicted molar refractivity (Wildman–Crippen MR) is 87.3 cm³/mol. The van der Waals surface area contributed by atoms with E-state index in [1.165, 1.54) is 6.07 Å². The average Bonchev–Trinajstić information content (AvgIpc) is 2.48. The van der Waals surface area contributed by atoms with Crippen LogP contribution in [0.5, 0.6) is 0 Å². The molecule has 0 bridgehead atoms. The van der Waals surface area contributed by atoms with Crippen molar-refractivity contribution in [2.45, 2.75) is 32.7 Å². The Kier molecular flexibility index (Phi) is 5.77. The Morgan fingerprint density at radius 1 is 1.19 bits per heavy atom. The second-order valence-corrected chi connectivity index (χ2v) is 5.72. The minimum absolute atomic E-state index is 0.0952. The van der Waals surface area contributed by atoms with Gasteiger partial charge in [0.05, 0.1) is 0 Å². The average molecular weight is 306 g/mol. The molecule has 0 heterocycles. The fraction of sp³-hybridized carbons (Fsp3) is 0.333. The van der Waals surface area contributed by atoms with E-state index < -0.39 is 0 Å². The molecule has 1 N–H and O–H groups in total. The minimum Gasteiger partial charge on any atom is -0.310 e. The summed E-state index contributed by atoms with van der Waals surface area (Å²) in [5, 5.41) is 4.26. The van der Waals surface area contributed by atoms with Crippen molar-refractivity contribution in [3.8, 4) is 0 Å². The molecule has 0 amide bonds. The molecular weight excluding hydrogens is 285 g/mol. The van der Waals surface area contributed by atoms with Gasteiger partial charge in [0.2, 0.25) is 0 Å². The molecule has 1 nitrogen and oxygen atoms in total. The smallest absolute Gasteiger partial charge is 0.126 e. The van der Waals surface area contributed by atoms with Crippen LogP contribution in [-0.2, 0) is 6.42 Å². The normalized spacial score (nSPS) is 12.4. The van der Waals surface area contributed by atoms with Gasteiger partial charge in [0.25, 0.3) is 0 Å². The summed E-state index contributed by atoms with van der Waals surface area (Å²) in [6, 6.07) is 13.1. The van der Waals surface area contributed by atoms with Crippen LogP contribution < -0.4 is 5.32 Å². The van der Waals surface area contributed by atoms with Crippen LogP contribution in [0.4, 0.5) is 4.39 Å². The van der Waals surface area contributed by atoms with Crippen LogP contribution in [0.15, 0.2) is 42.5 Å². The van der Waals surface area contributed by atoms with Crippen molar-refractivity contribution in [3.63, 3.8) is 0 Å². The minimum atomic E-state index is -0.147. The monoisotopic (exact) mass is 305 g/mol. The molecule has 3 heteroatoms. The maximum atomic E-state index is 13.9. The van der Waals surface area contributed by atoms with Crippen molar-refractivity contribution in [1.29, 1.82) is 0 Å². The SMILES string of the molecule is CCCNC(Cc1ccccc1F)c1ccc(Cl)c(C)c1. The van der Waals surface area contributed by atoms with Crippen molar-refractivity contribution < 1.29 is 4.39 Å². The third kappa shape index (κ3) is 4.29. The lowest BCUT2D eigenvalue weighted by atomic mass is 9.97. The van der Waals surface area contributed by atoms with E-state index in [0.29, 0.717) is 6.42 Å². The van der Waals surface area contributed by atoms with Gasteiger partial charge >= 0.3 is 0 Å². The fourth-order valence-corrected chi connectivity index (χ4v) is 2.51. The van der Waals surface area contributed by atoms with Gasteiger partial charge in [-0.1, -0.05) is 48.9 Å². The molecule has 1 unspecified atom stereocenters. The molecule has 0 aliphatic heterocycles. The van der Waals surface area contributed by atoms with E-state index in [9.17, 15) is 4.39 Å². The predicted octanol–water partition coefficient (Wildman–Crippen LogP) is 5.07. The van der Waals surface area contributed by atoms with E-state index in [-0.39, 0.29) is 11.9 Å². The first-order valence-electron chi connectivity index (χ1n) is 7.34. The summed E-state index contributed by atoms with van der Waals surface area (Å²) in [6.07, 6.45) is 1.67. The zero-order chi connectivity index (χ0) is 15.2. The van der Waals surface area contributed by atoms with Gasteiger partial charge < -0.3 is 5.32 Å². The van der Waals surface area contributed by atoms with Crippen LogP contribution in [0.1, 0.15) is 36.1 Å².